The number of carboxylic acids is 1. The van der Waals surface area contributed by atoms with E-state index in [9.17, 15) is 9.59 Å². The molecule has 0 saturated heterocycles. The van der Waals surface area contributed by atoms with Crippen LogP contribution in [0.15, 0.2) is 23.7 Å². The first-order valence-electron chi connectivity index (χ1n) is 5.24. The first-order chi connectivity index (χ1) is 9.04. The summed E-state index contributed by atoms with van der Waals surface area (Å²) in [4.78, 5) is 30.0. The van der Waals surface area contributed by atoms with E-state index in [4.69, 9.17) is 5.11 Å². The molecule has 0 fully saturated rings. The van der Waals surface area contributed by atoms with E-state index < -0.39 is 12.0 Å². The molecular weight excluding hydrogens is 268 g/mol. The highest BCUT2D eigenvalue weighted by Crippen LogP contribution is 2.15. The maximum absolute atomic E-state index is 11.6. The second-order valence-corrected chi connectivity index (χ2v) is 4.47. The Bertz CT molecular complexity index is 609. The van der Waals surface area contributed by atoms with Crippen LogP contribution in [-0.4, -0.2) is 27.1 Å². The van der Waals surface area contributed by atoms with Gasteiger partial charge >= 0.3 is 12.0 Å². The molecule has 0 spiro atoms. The van der Waals surface area contributed by atoms with Gasteiger partial charge in [-0.25, -0.2) is 19.6 Å². The molecule has 0 aromatic carbocycles. The Balaban J connectivity index is 1.97. The number of aromatic nitrogens is 2. The van der Waals surface area contributed by atoms with E-state index >= 15 is 0 Å². The van der Waals surface area contributed by atoms with Gasteiger partial charge in [0.15, 0.2) is 5.13 Å². The SMILES string of the molecule is Cc1csc(NC(=O)Nc2ccc(C(=O)O)nc2)n1. The zero-order valence-corrected chi connectivity index (χ0v) is 10.7. The minimum absolute atomic E-state index is 0.0819. The van der Waals surface area contributed by atoms with Gasteiger partial charge in [0.1, 0.15) is 5.69 Å². The molecule has 2 aromatic heterocycles. The van der Waals surface area contributed by atoms with Crippen LogP contribution < -0.4 is 10.6 Å². The third-order valence-electron chi connectivity index (χ3n) is 2.08. The molecule has 0 saturated carbocycles. The molecule has 8 heteroatoms. The molecule has 2 rings (SSSR count). The van der Waals surface area contributed by atoms with Crippen LogP contribution in [0.3, 0.4) is 0 Å². The van der Waals surface area contributed by atoms with Gasteiger partial charge in [-0.1, -0.05) is 0 Å². The van der Waals surface area contributed by atoms with Crippen molar-refractivity contribution >= 4 is 34.2 Å². The number of nitrogens with zero attached hydrogens (tertiary/aromatic N) is 2. The van der Waals surface area contributed by atoms with Gasteiger partial charge in [0.2, 0.25) is 0 Å². The largest absolute Gasteiger partial charge is 0.477 e. The summed E-state index contributed by atoms with van der Waals surface area (Å²) in [6.45, 7) is 1.83. The van der Waals surface area contributed by atoms with Crippen molar-refractivity contribution in [1.29, 1.82) is 0 Å². The van der Waals surface area contributed by atoms with Gasteiger partial charge in [0.25, 0.3) is 0 Å². The van der Waals surface area contributed by atoms with Gasteiger partial charge in [0.05, 0.1) is 17.6 Å². The van der Waals surface area contributed by atoms with Crippen LogP contribution in [-0.2, 0) is 0 Å². The zero-order valence-electron chi connectivity index (χ0n) is 9.88. The second-order valence-electron chi connectivity index (χ2n) is 3.61. The van der Waals surface area contributed by atoms with Crippen LogP contribution in [0.5, 0.6) is 0 Å². The van der Waals surface area contributed by atoms with Crippen molar-refractivity contribution in [3.8, 4) is 0 Å². The fourth-order valence-corrected chi connectivity index (χ4v) is 1.95. The Kier molecular flexibility index (Phi) is 3.71. The van der Waals surface area contributed by atoms with Crippen molar-refractivity contribution in [2.45, 2.75) is 6.92 Å². The van der Waals surface area contributed by atoms with Crippen molar-refractivity contribution in [1.82, 2.24) is 9.97 Å². The lowest BCUT2D eigenvalue weighted by Gasteiger charge is -2.04. The number of thiazole rings is 1. The van der Waals surface area contributed by atoms with E-state index in [0.29, 0.717) is 10.8 Å². The van der Waals surface area contributed by atoms with Crippen LogP contribution >= 0.6 is 11.3 Å². The summed E-state index contributed by atoms with van der Waals surface area (Å²) in [6, 6.07) is 2.31. The van der Waals surface area contributed by atoms with E-state index in [1.54, 1.807) is 0 Å². The predicted molar refractivity (Wildman–Crippen MR) is 70.7 cm³/mol. The fourth-order valence-electron chi connectivity index (χ4n) is 1.27. The lowest BCUT2D eigenvalue weighted by Crippen LogP contribution is -2.19. The van der Waals surface area contributed by atoms with E-state index in [-0.39, 0.29) is 5.69 Å². The fraction of sp³-hybridized carbons (Fsp3) is 0.0909. The topological polar surface area (TPSA) is 104 Å². The highest BCUT2D eigenvalue weighted by Gasteiger charge is 2.07. The Hall–Kier alpha value is -2.48. The summed E-state index contributed by atoms with van der Waals surface area (Å²) >= 11 is 1.32. The molecule has 0 aliphatic heterocycles. The van der Waals surface area contributed by atoms with Crippen LogP contribution in [0, 0.1) is 6.92 Å². The van der Waals surface area contributed by atoms with Crippen molar-refractivity contribution in [2.24, 2.45) is 0 Å². The summed E-state index contributed by atoms with van der Waals surface area (Å²) < 4.78 is 0. The Morgan fingerprint density at radius 3 is 2.63 bits per heavy atom. The number of hydrogen-bond donors (Lipinski definition) is 3. The molecule has 0 radical (unpaired) electrons. The van der Waals surface area contributed by atoms with Crippen LogP contribution in [0.4, 0.5) is 15.6 Å². The number of amides is 2. The average molecular weight is 278 g/mol. The van der Waals surface area contributed by atoms with Crippen LogP contribution in [0.25, 0.3) is 0 Å². The lowest BCUT2D eigenvalue weighted by atomic mass is 10.3. The summed E-state index contributed by atoms with van der Waals surface area (Å²) in [7, 11) is 0. The smallest absolute Gasteiger partial charge is 0.354 e. The Morgan fingerprint density at radius 1 is 1.32 bits per heavy atom. The van der Waals surface area contributed by atoms with Crippen LogP contribution in [0.1, 0.15) is 16.2 Å². The molecule has 0 atom stereocenters. The van der Waals surface area contributed by atoms with E-state index in [1.807, 2.05) is 12.3 Å². The van der Waals surface area contributed by atoms with E-state index in [1.165, 1.54) is 29.7 Å². The number of nitrogens with one attached hydrogen (secondary N) is 2. The highest BCUT2D eigenvalue weighted by molar-refractivity contribution is 7.13. The van der Waals surface area contributed by atoms with Crippen molar-refractivity contribution in [3.05, 3.63) is 35.1 Å². The zero-order chi connectivity index (χ0) is 13.8. The number of aromatic carboxylic acids is 1. The number of carbonyl (C=O) groups excluding carboxylic acids is 1. The third-order valence-corrected chi connectivity index (χ3v) is 2.96. The normalized spacial score (nSPS) is 9.95. The van der Waals surface area contributed by atoms with Gasteiger partial charge in [-0.3, -0.25) is 5.32 Å². The van der Waals surface area contributed by atoms with Crippen LogP contribution in [0.2, 0.25) is 0 Å². The molecule has 2 aromatic rings. The lowest BCUT2D eigenvalue weighted by molar-refractivity contribution is 0.0690. The number of urea groups is 1. The summed E-state index contributed by atoms with van der Waals surface area (Å²) in [6.07, 6.45) is 1.27. The predicted octanol–water partition coefficient (Wildman–Crippen LogP) is 2.19. The average Bonchev–Trinajstić information content (AvgIpc) is 2.75. The number of anilines is 2. The van der Waals surface area contributed by atoms with Crippen molar-refractivity contribution in [3.63, 3.8) is 0 Å². The molecule has 0 aliphatic rings. The molecule has 2 heterocycles. The summed E-state index contributed by atoms with van der Waals surface area (Å²) in [5.41, 5.74) is 1.14. The molecule has 3 N–H and O–H groups in total. The van der Waals surface area contributed by atoms with Gasteiger partial charge in [-0.2, -0.15) is 0 Å². The number of carbonyl (C=O) groups is 2. The summed E-state index contributed by atoms with van der Waals surface area (Å²) in [5.74, 6) is -1.12. The molecule has 0 bridgehead atoms. The molecule has 2 amide bonds. The van der Waals surface area contributed by atoms with Crippen molar-refractivity contribution in [2.75, 3.05) is 10.6 Å². The van der Waals surface area contributed by atoms with Gasteiger partial charge in [-0.05, 0) is 19.1 Å². The minimum atomic E-state index is -1.12. The molecule has 0 unspecified atom stereocenters. The molecular formula is C11H10N4O3S. The molecule has 98 valence electrons. The molecule has 19 heavy (non-hydrogen) atoms. The highest BCUT2D eigenvalue weighted by atomic mass is 32.1. The third kappa shape index (κ3) is 3.49. The van der Waals surface area contributed by atoms with Gasteiger partial charge in [0, 0.05) is 5.38 Å². The second kappa shape index (κ2) is 5.44. The van der Waals surface area contributed by atoms with Gasteiger partial charge < -0.3 is 10.4 Å². The molecule has 7 nitrogen and oxygen atoms in total. The Morgan fingerprint density at radius 2 is 2.11 bits per heavy atom. The monoisotopic (exact) mass is 278 g/mol. The number of carboxylic acid groups (broad SMARTS) is 1. The minimum Gasteiger partial charge on any atom is -0.477 e. The number of aryl methyl sites for hydroxylation is 1. The first kappa shape index (κ1) is 13.0. The van der Waals surface area contributed by atoms with Crippen molar-refractivity contribution < 1.29 is 14.7 Å². The van der Waals surface area contributed by atoms with E-state index in [0.717, 1.165) is 5.69 Å². The number of rotatable bonds is 3. The van der Waals surface area contributed by atoms with E-state index in [2.05, 4.69) is 20.6 Å². The molecule has 0 aliphatic carbocycles. The maximum atomic E-state index is 11.6. The first-order valence-corrected chi connectivity index (χ1v) is 6.12. The summed E-state index contributed by atoms with van der Waals surface area (Å²) in [5, 5.41) is 16.1. The Labute approximate surface area is 112 Å². The quantitative estimate of drug-likeness (QED) is 0.798. The number of hydrogen-bond acceptors (Lipinski definition) is 5. The maximum Gasteiger partial charge on any atom is 0.354 e. The van der Waals surface area contributed by atoms with Gasteiger partial charge in [-0.15, -0.1) is 11.3 Å². The number of pyridine rings is 1. The standard InChI is InChI=1S/C11H10N4O3S/c1-6-5-19-11(13-6)15-10(18)14-7-2-3-8(9(16)17)12-4-7/h2-5H,1H3,(H,16,17)(H2,13,14,15,18).